The van der Waals surface area contributed by atoms with Gasteiger partial charge in [-0.05, 0) is 92.2 Å². The van der Waals surface area contributed by atoms with Crippen molar-refractivity contribution in [2.45, 2.75) is 102 Å². The molecule has 1 amide bonds. The van der Waals surface area contributed by atoms with E-state index in [1.165, 1.54) is 0 Å². The van der Waals surface area contributed by atoms with E-state index < -0.39 is 23.5 Å². The number of aliphatic imine (C=N–C) groups is 2. The summed E-state index contributed by atoms with van der Waals surface area (Å²) in [6.45, 7) is 6.73. The second-order valence-electron chi connectivity index (χ2n) is 15.0. The molecule has 2 aromatic rings. The third-order valence-corrected chi connectivity index (χ3v) is 10.3. The van der Waals surface area contributed by atoms with Crippen molar-refractivity contribution in [2.24, 2.45) is 21.8 Å². The molecule has 13 heteroatoms. The van der Waals surface area contributed by atoms with Crippen LogP contribution >= 0.6 is 0 Å². The first-order chi connectivity index (χ1) is 23.1. The number of hydrogen-bond acceptors (Lipinski definition) is 6. The lowest BCUT2D eigenvalue weighted by Crippen LogP contribution is -2.39. The van der Waals surface area contributed by atoms with Gasteiger partial charge >= 0.3 is 12.4 Å². The second-order valence-corrected chi connectivity index (χ2v) is 15.0. The lowest BCUT2D eigenvalue weighted by molar-refractivity contribution is -0.143. The minimum absolute atomic E-state index is 0.0530. The molecule has 3 fully saturated rings. The Morgan fingerprint density at radius 2 is 1.51 bits per heavy atom. The molecule has 0 bridgehead atoms. The third kappa shape index (κ3) is 7.60. The van der Waals surface area contributed by atoms with Crippen molar-refractivity contribution < 1.29 is 31.1 Å². The molecule has 5 aliphatic rings. The molecule has 2 aliphatic heterocycles. The van der Waals surface area contributed by atoms with Crippen LogP contribution in [0.1, 0.15) is 98.7 Å². The van der Waals surface area contributed by atoms with Gasteiger partial charge in [0.15, 0.2) is 0 Å². The standard InChI is InChI=1S/C36H42F6N6O/c1-34(2)11-9-25-16-26(32(45-31(25)34)46(18-22-5-6-22)19-23-7-8-23)21-47(33-43-12-10-29(44-33)48-13-3-4-30(48)49)20-24-14-27(35(37,38)39)17-28(15-24)36(40,41)42/h14-17,22-23H,3-13,18-21H2,1-2H3. The SMILES string of the molecule is CC1(C)CCc2cc(CN(Cc3cc(C(F)(F)F)cc(C(F)(F)F)c3)C3=NCCC(N4CCCC4=O)=N3)c(N(CC3CC3)CC3CC3)nc21. The Bertz CT molecular complexity index is 1630. The van der Waals surface area contributed by atoms with Crippen molar-refractivity contribution in [3.8, 4) is 0 Å². The maximum absolute atomic E-state index is 13.9. The summed E-state index contributed by atoms with van der Waals surface area (Å²) in [5.41, 5.74) is 0.00166. The smallest absolute Gasteiger partial charge is 0.356 e. The number of halogens is 6. The molecule has 7 nitrogen and oxygen atoms in total. The number of anilines is 1. The Kier molecular flexibility index (Phi) is 8.70. The van der Waals surface area contributed by atoms with E-state index in [4.69, 9.17) is 9.98 Å². The van der Waals surface area contributed by atoms with Crippen LogP contribution in [0, 0.1) is 11.8 Å². The zero-order chi connectivity index (χ0) is 34.7. The predicted octanol–water partition coefficient (Wildman–Crippen LogP) is 7.75. The van der Waals surface area contributed by atoms with Crippen molar-refractivity contribution in [1.82, 2.24) is 14.8 Å². The Morgan fingerprint density at radius 3 is 2.08 bits per heavy atom. The van der Waals surface area contributed by atoms with Crippen LogP contribution in [0.3, 0.4) is 0 Å². The summed E-state index contributed by atoms with van der Waals surface area (Å²) in [5.74, 6) is 2.63. The number of likely N-dealkylation sites (tertiary alicyclic amines) is 1. The molecular formula is C36H42F6N6O. The van der Waals surface area contributed by atoms with E-state index in [9.17, 15) is 31.1 Å². The number of nitrogens with zero attached hydrogens (tertiary/aromatic N) is 6. The van der Waals surface area contributed by atoms with Crippen LogP contribution in [0.2, 0.25) is 0 Å². The van der Waals surface area contributed by atoms with Gasteiger partial charge in [-0.15, -0.1) is 0 Å². The minimum atomic E-state index is -4.97. The van der Waals surface area contributed by atoms with E-state index in [0.717, 1.165) is 86.4 Å². The molecule has 0 unspecified atom stereocenters. The molecule has 1 saturated heterocycles. The number of rotatable bonds is 9. The van der Waals surface area contributed by atoms with Gasteiger partial charge in [-0.3, -0.25) is 9.79 Å². The first-order valence-electron chi connectivity index (χ1n) is 17.4. The van der Waals surface area contributed by atoms with Crippen molar-refractivity contribution in [1.29, 1.82) is 0 Å². The van der Waals surface area contributed by atoms with E-state index in [-0.39, 0.29) is 42.0 Å². The summed E-state index contributed by atoms with van der Waals surface area (Å²) >= 11 is 0. The zero-order valence-electron chi connectivity index (χ0n) is 27.9. The molecular weight excluding hydrogens is 646 g/mol. The van der Waals surface area contributed by atoms with Crippen LogP contribution in [0.25, 0.3) is 0 Å². The average Bonchev–Trinajstić information content (AvgIpc) is 3.97. The van der Waals surface area contributed by atoms with Crippen LogP contribution in [0.4, 0.5) is 32.2 Å². The molecule has 7 rings (SSSR count). The van der Waals surface area contributed by atoms with Gasteiger partial charge in [0, 0.05) is 63.1 Å². The van der Waals surface area contributed by atoms with Gasteiger partial charge in [-0.25, -0.2) is 4.98 Å². The number of benzene rings is 1. The number of aromatic nitrogens is 1. The average molecular weight is 689 g/mol. The first-order valence-corrected chi connectivity index (χ1v) is 17.4. The second kappa shape index (κ2) is 12.6. The lowest BCUT2D eigenvalue weighted by Gasteiger charge is -2.32. The monoisotopic (exact) mass is 688 g/mol. The summed E-state index contributed by atoms with van der Waals surface area (Å²) in [6, 6.07) is 3.84. The number of aryl methyl sites for hydroxylation is 1. The zero-order valence-corrected chi connectivity index (χ0v) is 27.9. The number of carbonyl (C=O) groups excluding carboxylic acids is 1. The maximum atomic E-state index is 13.9. The normalized spacial score (nSPS) is 20.7. The van der Waals surface area contributed by atoms with Crippen LogP contribution < -0.4 is 4.90 Å². The first kappa shape index (κ1) is 33.8. The molecule has 0 spiro atoms. The number of carbonyl (C=O) groups is 1. The molecule has 0 N–H and O–H groups in total. The molecule has 49 heavy (non-hydrogen) atoms. The highest BCUT2D eigenvalue weighted by Gasteiger charge is 2.39. The molecule has 0 radical (unpaired) electrons. The predicted molar refractivity (Wildman–Crippen MR) is 174 cm³/mol. The molecule has 3 aliphatic carbocycles. The van der Waals surface area contributed by atoms with E-state index in [0.29, 0.717) is 50.0 Å². The molecule has 0 atom stereocenters. The lowest BCUT2D eigenvalue weighted by atomic mass is 9.90. The quantitative estimate of drug-likeness (QED) is 0.253. The molecule has 1 aromatic heterocycles. The van der Waals surface area contributed by atoms with Gasteiger partial charge in [-0.2, -0.15) is 31.3 Å². The van der Waals surface area contributed by atoms with Crippen molar-refractivity contribution in [3.05, 3.63) is 57.8 Å². The highest BCUT2D eigenvalue weighted by molar-refractivity contribution is 6.05. The van der Waals surface area contributed by atoms with Crippen molar-refractivity contribution in [2.75, 3.05) is 31.1 Å². The Labute approximate surface area is 282 Å². The van der Waals surface area contributed by atoms with E-state index in [1.807, 2.05) is 0 Å². The Morgan fingerprint density at radius 1 is 0.857 bits per heavy atom. The fourth-order valence-electron chi connectivity index (χ4n) is 7.28. The summed E-state index contributed by atoms with van der Waals surface area (Å²) in [6.07, 6.45) is -2.06. The van der Waals surface area contributed by atoms with E-state index in [1.54, 1.807) is 9.80 Å². The Balaban J connectivity index is 1.32. The van der Waals surface area contributed by atoms with Gasteiger partial charge in [0.1, 0.15) is 11.7 Å². The topological polar surface area (TPSA) is 64.4 Å². The van der Waals surface area contributed by atoms with Gasteiger partial charge in [-0.1, -0.05) is 13.8 Å². The summed E-state index contributed by atoms with van der Waals surface area (Å²) in [7, 11) is 0. The number of guanidine groups is 1. The third-order valence-electron chi connectivity index (χ3n) is 10.3. The van der Waals surface area contributed by atoms with Gasteiger partial charge in [0.05, 0.1) is 16.8 Å². The number of pyridine rings is 1. The van der Waals surface area contributed by atoms with Gasteiger partial charge in [0.2, 0.25) is 11.9 Å². The number of amides is 1. The highest BCUT2D eigenvalue weighted by atomic mass is 19.4. The largest absolute Gasteiger partial charge is 0.416 e. The fraction of sp³-hybridized carbons (Fsp3) is 0.611. The molecule has 1 aromatic carbocycles. The number of alkyl halides is 6. The van der Waals surface area contributed by atoms with E-state index in [2.05, 4.69) is 29.8 Å². The Hall–Kier alpha value is -3.64. The van der Waals surface area contributed by atoms with E-state index >= 15 is 0 Å². The van der Waals surface area contributed by atoms with Crippen LogP contribution in [-0.4, -0.2) is 58.7 Å². The van der Waals surface area contributed by atoms with Crippen molar-refractivity contribution >= 4 is 23.5 Å². The van der Waals surface area contributed by atoms with Crippen LogP contribution in [0.15, 0.2) is 34.3 Å². The van der Waals surface area contributed by atoms with Crippen molar-refractivity contribution in [3.63, 3.8) is 0 Å². The molecule has 2 saturated carbocycles. The molecule has 3 heterocycles. The summed E-state index contributed by atoms with van der Waals surface area (Å²) < 4.78 is 83.4. The van der Waals surface area contributed by atoms with Crippen LogP contribution in [-0.2, 0) is 42.1 Å². The minimum Gasteiger partial charge on any atom is -0.356 e. The van der Waals surface area contributed by atoms with Gasteiger partial charge in [0.25, 0.3) is 0 Å². The summed E-state index contributed by atoms with van der Waals surface area (Å²) in [5, 5.41) is 0. The maximum Gasteiger partial charge on any atom is 0.416 e. The summed E-state index contributed by atoms with van der Waals surface area (Å²) in [4.78, 5) is 33.0. The van der Waals surface area contributed by atoms with Crippen LogP contribution in [0.5, 0.6) is 0 Å². The fourth-order valence-corrected chi connectivity index (χ4v) is 7.28. The highest BCUT2D eigenvalue weighted by Crippen LogP contribution is 2.42. The number of hydrogen-bond donors (Lipinski definition) is 0. The number of fused-ring (bicyclic) bond motifs is 1. The van der Waals surface area contributed by atoms with Gasteiger partial charge < -0.3 is 14.7 Å². The molecule has 264 valence electrons. The number of amidine groups is 1.